The van der Waals surface area contributed by atoms with Gasteiger partial charge in [0.15, 0.2) is 23.1 Å². The van der Waals surface area contributed by atoms with Crippen LogP contribution in [0.2, 0.25) is 0 Å². The number of hydrogen-bond donors (Lipinski definition) is 0. The number of carbonyl (C=O) groups excluding carboxylic acids is 8. The molecule has 0 spiro atoms. The van der Waals surface area contributed by atoms with Gasteiger partial charge in [0.05, 0.1) is 41.9 Å². The van der Waals surface area contributed by atoms with Crippen molar-refractivity contribution in [1.82, 2.24) is 35.6 Å². The van der Waals surface area contributed by atoms with E-state index in [1.165, 1.54) is 23.4 Å². The van der Waals surface area contributed by atoms with Crippen LogP contribution in [0.15, 0.2) is 195 Å². The molecule has 0 saturated carbocycles. The standard InChI is InChI=1S/C23H24N2O3.2C22H23N3O3.C21H20FN3O3/c1-5-23(27)25(4)21-11-10-19(12-15(21)2)17-6-8-18(9-7-17)22(26)13-20-14-24-28-16(20)3;1-5-22(27)25(4)20-9-7-16(10-14(20)2)19-8-6-17(12-23-19)21(26)11-18-13-24-28-15(18)3;1-5-22(27)25(4)20-9-7-16(10-14(20)2)17-6-8-19(23-12-17)21(26)11-18-13-24-28-15(18)3;1-4-21(27)25(3)19-8-6-14(9-17(19)22)18-7-5-15(11-23-18)20(26)10-16-12-24-28-13(16)2/h6-12,14H,5,13H2,1-4H3;2*6-10,12-13H,5,11H2,1-4H3;5-9,11-12H,4,10H2,1-3H3. The molecule has 0 aliphatic carbocycles. The maximum Gasteiger partial charge on any atom is 0.226 e. The van der Waals surface area contributed by atoms with E-state index in [0.29, 0.717) is 82.4 Å². The van der Waals surface area contributed by atoms with Crippen LogP contribution in [0.25, 0.3) is 44.8 Å². The number of halogens is 1. The Morgan fingerprint density at radius 1 is 0.312 bits per heavy atom. The molecule has 7 aromatic heterocycles. The normalized spacial score (nSPS) is 10.7. The van der Waals surface area contributed by atoms with Gasteiger partial charge in [-0.05, 0) is 161 Å². The Bertz CT molecular complexity index is 4690. The molecular weight excluding hydrogens is 1420 g/mol. The van der Waals surface area contributed by atoms with Crippen molar-refractivity contribution >= 4 is 69.5 Å². The molecule has 0 unspecified atom stereocenters. The van der Waals surface area contributed by atoms with Gasteiger partial charge in [0.2, 0.25) is 23.6 Å². The molecule has 5 aromatic carbocycles. The van der Waals surface area contributed by atoms with E-state index in [0.717, 1.165) is 89.5 Å². The quantitative estimate of drug-likeness (QED) is 0.0508. The topological polar surface area (TPSA) is 292 Å². The molecule has 0 aliphatic heterocycles. The number of benzene rings is 5. The summed E-state index contributed by atoms with van der Waals surface area (Å²) in [6, 6.07) is 40.5. The Kier molecular flexibility index (Phi) is 28.4. The van der Waals surface area contributed by atoms with Crippen LogP contribution in [0.4, 0.5) is 27.1 Å². The van der Waals surface area contributed by atoms with Gasteiger partial charge in [-0.3, -0.25) is 53.3 Å². The van der Waals surface area contributed by atoms with Crippen LogP contribution in [0.1, 0.15) is 157 Å². The molecule has 112 heavy (non-hydrogen) atoms. The minimum atomic E-state index is -0.508. The summed E-state index contributed by atoms with van der Waals surface area (Å²) in [5.41, 5.74) is 17.9. The fourth-order valence-corrected chi connectivity index (χ4v) is 12.1. The zero-order valence-corrected chi connectivity index (χ0v) is 65.6. The van der Waals surface area contributed by atoms with Crippen LogP contribution in [-0.2, 0) is 44.9 Å². The predicted molar refractivity (Wildman–Crippen MR) is 427 cm³/mol. The maximum atomic E-state index is 14.4. The molecular formula is C88H90FN11O12. The lowest BCUT2D eigenvalue weighted by molar-refractivity contribution is -0.118. The second-order valence-corrected chi connectivity index (χ2v) is 26.8. The van der Waals surface area contributed by atoms with Gasteiger partial charge in [-0.25, -0.2) is 4.39 Å². The molecule has 0 N–H and O–H groups in total. The first-order valence-corrected chi connectivity index (χ1v) is 36.5. The number of aryl methyl sites for hydroxylation is 7. The third-order valence-electron chi connectivity index (χ3n) is 19.2. The molecule has 576 valence electrons. The van der Waals surface area contributed by atoms with E-state index in [-0.39, 0.29) is 78.1 Å². The highest BCUT2D eigenvalue weighted by Crippen LogP contribution is 2.32. The summed E-state index contributed by atoms with van der Waals surface area (Å²) < 4.78 is 34.4. The van der Waals surface area contributed by atoms with Gasteiger partial charge in [0.25, 0.3) is 0 Å². The largest absolute Gasteiger partial charge is 0.361 e. The molecule has 12 rings (SSSR count). The number of nitrogens with zero attached hydrogens (tertiary/aromatic N) is 11. The van der Waals surface area contributed by atoms with Crippen molar-refractivity contribution < 1.29 is 60.8 Å². The number of hydrogen-bond acceptors (Lipinski definition) is 19. The average molecular weight is 1510 g/mol. The predicted octanol–water partition coefficient (Wildman–Crippen LogP) is 17.0. The van der Waals surface area contributed by atoms with Crippen LogP contribution in [0.3, 0.4) is 0 Å². The highest BCUT2D eigenvalue weighted by molar-refractivity contribution is 6.01. The van der Waals surface area contributed by atoms with Crippen molar-refractivity contribution in [2.45, 2.75) is 128 Å². The fourth-order valence-electron chi connectivity index (χ4n) is 12.1. The lowest BCUT2D eigenvalue weighted by Crippen LogP contribution is -2.25. The summed E-state index contributed by atoms with van der Waals surface area (Å²) in [4.78, 5) is 117. The molecule has 0 radical (unpaired) electrons. The number of rotatable bonds is 24. The van der Waals surface area contributed by atoms with Gasteiger partial charge in [0.1, 0.15) is 34.6 Å². The summed E-state index contributed by atoms with van der Waals surface area (Å²) in [5, 5.41) is 14.8. The van der Waals surface area contributed by atoms with E-state index >= 15 is 0 Å². The molecule has 7 heterocycles. The van der Waals surface area contributed by atoms with Gasteiger partial charge in [0, 0.05) is 171 Å². The SMILES string of the molecule is CCC(=O)N(C)c1ccc(-c2ccc(C(=O)Cc3cnoc3C)cc2)cc1C.CCC(=O)N(C)c1ccc(-c2ccc(C(=O)Cc3cnoc3C)cn2)cc1C.CCC(=O)N(C)c1ccc(-c2ccc(C(=O)Cc3cnoc3C)cn2)cc1F.CCC(=O)N(C)c1ccc(-c2ccc(C(=O)Cc3cnoc3C)nc2)cc1C. The lowest BCUT2D eigenvalue weighted by Gasteiger charge is -2.19. The average Bonchev–Trinajstić information content (AvgIpc) is 0.849. The van der Waals surface area contributed by atoms with E-state index < -0.39 is 5.82 Å². The minimum Gasteiger partial charge on any atom is -0.361 e. The van der Waals surface area contributed by atoms with E-state index in [1.54, 1.807) is 145 Å². The molecule has 0 bridgehead atoms. The highest BCUT2D eigenvalue weighted by atomic mass is 19.1. The third-order valence-corrected chi connectivity index (χ3v) is 19.2. The number of Topliss-reactive ketones (excluding diaryl/α,β-unsaturated/α-hetero) is 4. The summed E-state index contributed by atoms with van der Waals surface area (Å²) >= 11 is 0. The van der Waals surface area contributed by atoms with Crippen molar-refractivity contribution in [3.63, 3.8) is 0 Å². The first-order valence-electron chi connectivity index (χ1n) is 36.5. The van der Waals surface area contributed by atoms with Crippen LogP contribution in [-0.4, -0.2) is 111 Å². The molecule has 0 fully saturated rings. The molecule has 24 heteroatoms. The number of aromatic nitrogens is 7. The van der Waals surface area contributed by atoms with Crippen molar-refractivity contribution in [2.75, 3.05) is 47.8 Å². The summed E-state index contributed by atoms with van der Waals surface area (Å²) in [5.74, 6) is 1.95. The second kappa shape index (κ2) is 38.3. The summed E-state index contributed by atoms with van der Waals surface area (Å²) in [7, 11) is 6.90. The van der Waals surface area contributed by atoms with Crippen LogP contribution in [0, 0.1) is 54.3 Å². The Balaban J connectivity index is 0.000000171. The fraction of sp³-hybridized carbons (Fsp3) is 0.261. The van der Waals surface area contributed by atoms with Gasteiger partial charge in [-0.15, -0.1) is 0 Å². The van der Waals surface area contributed by atoms with Gasteiger partial charge < -0.3 is 37.7 Å². The minimum absolute atomic E-state index is 0.0309. The molecule has 4 amide bonds. The lowest BCUT2D eigenvalue weighted by atomic mass is 9.98. The van der Waals surface area contributed by atoms with Crippen LogP contribution >= 0.6 is 0 Å². The monoisotopic (exact) mass is 1510 g/mol. The zero-order valence-electron chi connectivity index (χ0n) is 65.6. The maximum absolute atomic E-state index is 14.4. The number of pyridine rings is 3. The first-order chi connectivity index (χ1) is 53.6. The van der Waals surface area contributed by atoms with Crippen LogP contribution in [0.5, 0.6) is 0 Å². The molecule has 12 aromatic rings. The summed E-state index contributed by atoms with van der Waals surface area (Å²) in [6.07, 6.45) is 13.6. The van der Waals surface area contributed by atoms with Crippen molar-refractivity contribution in [3.8, 4) is 44.8 Å². The molecule has 23 nitrogen and oxygen atoms in total. The van der Waals surface area contributed by atoms with E-state index in [1.807, 2.05) is 126 Å². The van der Waals surface area contributed by atoms with E-state index in [4.69, 9.17) is 18.1 Å². The Labute approximate surface area is 649 Å². The third kappa shape index (κ3) is 20.8. The van der Waals surface area contributed by atoms with E-state index in [9.17, 15) is 42.7 Å². The van der Waals surface area contributed by atoms with Crippen molar-refractivity contribution in [1.29, 1.82) is 0 Å². The van der Waals surface area contributed by atoms with Crippen molar-refractivity contribution in [3.05, 3.63) is 267 Å². The smallest absolute Gasteiger partial charge is 0.226 e. The highest BCUT2D eigenvalue weighted by Gasteiger charge is 2.21. The Morgan fingerprint density at radius 2 is 0.616 bits per heavy atom. The number of amides is 4. The number of anilines is 4. The van der Waals surface area contributed by atoms with Crippen molar-refractivity contribution in [2.24, 2.45) is 0 Å². The van der Waals surface area contributed by atoms with Gasteiger partial charge >= 0.3 is 0 Å². The molecule has 0 saturated heterocycles. The second-order valence-electron chi connectivity index (χ2n) is 26.8. The Morgan fingerprint density at radius 3 is 0.938 bits per heavy atom. The van der Waals surface area contributed by atoms with Gasteiger partial charge in [-0.1, -0.05) is 103 Å². The molecule has 0 aliphatic rings. The number of ketones is 4. The molecule has 0 atom stereocenters. The first kappa shape index (κ1) is 82.9. The van der Waals surface area contributed by atoms with E-state index in [2.05, 4.69) is 41.6 Å². The van der Waals surface area contributed by atoms with Gasteiger partial charge in [-0.2, -0.15) is 0 Å². The number of carbonyl (C=O) groups is 8. The van der Waals surface area contributed by atoms with Crippen LogP contribution < -0.4 is 19.6 Å². The zero-order chi connectivity index (χ0) is 81.0. The Hall–Kier alpha value is -13.1. The summed E-state index contributed by atoms with van der Waals surface area (Å²) in [6.45, 7) is 20.3.